The van der Waals surface area contributed by atoms with Crippen LogP contribution in [0.2, 0.25) is 0 Å². The van der Waals surface area contributed by atoms with Crippen molar-refractivity contribution in [2.75, 3.05) is 25.0 Å². The molecule has 2 atom stereocenters. The lowest BCUT2D eigenvalue weighted by Crippen LogP contribution is -2.30. The van der Waals surface area contributed by atoms with Crippen LogP contribution >= 0.6 is 0 Å². The maximum Gasteiger partial charge on any atom is 0.262 e. The molecule has 1 aromatic rings. The summed E-state index contributed by atoms with van der Waals surface area (Å²) in [6.45, 7) is 1.68. The summed E-state index contributed by atoms with van der Waals surface area (Å²) in [6.07, 6.45) is 6.61. The lowest BCUT2D eigenvalue weighted by atomic mass is 9.86. The van der Waals surface area contributed by atoms with E-state index >= 15 is 0 Å². The number of amides is 2. The summed E-state index contributed by atoms with van der Waals surface area (Å²) in [5.41, 5.74) is 1.26. The predicted molar refractivity (Wildman–Crippen MR) is 81.8 cm³/mol. The molecule has 22 heavy (non-hydrogen) atoms. The monoisotopic (exact) mass is 298 g/mol. The Balaban J connectivity index is 1.53. The molecule has 4 rings (SSSR count). The van der Waals surface area contributed by atoms with Crippen LogP contribution in [0.15, 0.2) is 30.4 Å². The van der Waals surface area contributed by atoms with Crippen LogP contribution in [0.5, 0.6) is 5.75 Å². The molecule has 114 valence electrons. The van der Waals surface area contributed by atoms with E-state index in [1.807, 2.05) is 4.90 Å². The normalized spacial score (nSPS) is 26.0. The van der Waals surface area contributed by atoms with Crippen LogP contribution in [0.1, 0.15) is 23.2 Å². The SMILES string of the molecule is O=C1COc2cc(C(=O)N3C[C@H]4CC=CC[C@H]4C3)ccc2N1. The van der Waals surface area contributed by atoms with Crippen molar-refractivity contribution in [2.24, 2.45) is 11.8 Å². The Morgan fingerprint density at radius 3 is 2.64 bits per heavy atom. The molecular weight excluding hydrogens is 280 g/mol. The molecule has 0 aromatic heterocycles. The predicted octanol–water partition coefficient (Wildman–Crippen LogP) is 2.06. The largest absolute Gasteiger partial charge is 0.482 e. The van der Waals surface area contributed by atoms with E-state index in [4.69, 9.17) is 4.74 Å². The number of nitrogens with one attached hydrogen (secondary N) is 1. The molecule has 2 aliphatic heterocycles. The van der Waals surface area contributed by atoms with Crippen molar-refractivity contribution in [3.63, 3.8) is 0 Å². The van der Waals surface area contributed by atoms with Gasteiger partial charge < -0.3 is 15.0 Å². The number of anilines is 1. The Morgan fingerprint density at radius 1 is 1.18 bits per heavy atom. The zero-order valence-electron chi connectivity index (χ0n) is 12.2. The topological polar surface area (TPSA) is 58.6 Å². The van der Waals surface area contributed by atoms with Gasteiger partial charge in [0, 0.05) is 18.7 Å². The average molecular weight is 298 g/mol. The molecule has 0 radical (unpaired) electrons. The van der Waals surface area contributed by atoms with E-state index in [1.54, 1.807) is 18.2 Å². The highest BCUT2D eigenvalue weighted by atomic mass is 16.5. The van der Waals surface area contributed by atoms with Crippen LogP contribution in [0.3, 0.4) is 0 Å². The number of benzene rings is 1. The number of likely N-dealkylation sites (tertiary alicyclic amines) is 1. The summed E-state index contributed by atoms with van der Waals surface area (Å²) in [6, 6.07) is 5.23. The first-order valence-electron chi connectivity index (χ1n) is 7.71. The Morgan fingerprint density at radius 2 is 1.91 bits per heavy atom. The fourth-order valence-corrected chi connectivity index (χ4v) is 3.57. The van der Waals surface area contributed by atoms with Crippen molar-refractivity contribution in [2.45, 2.75) is 12.8 Å². The maximum atomic E-state index is 12.7. The zero-order chi connectivity index (χ0) is 15.1. The standard InChI is InChI=1S/C17H18N2O3/c20-16-10-22-15-7-11(5-6-14(15)18-16)17(21)19-8-12-3-1-2-4-13(12)9-19/h1-2,5-7,12-13H,3-4,8-10H2,(H,18,20)/t12-,13+. The van der Waals surface area contributed by atoms with E-state index in [1.165, 1.54) is 0 Å². The first kappa shape index (κ1) is 13.4. The minimum atomic E-state index is -0.164. The molecule has 2 heterocycles. The quantitative estimate of drug-likeness (QED) is 0.807. The van der Waals surface area contributed by atoms with E-state index < -0.39 is 0 Å². The van der Waals surface area contributed by atoms with Gasteiger partial charge in [0.1, 0.15) is 5.75 Å². The smallest absolute Gasteiger partial charge is 0.262 e. The number of carbonyl (C=O) groups excluding carboxylic acids is 2. The van der Waals surface area contributed by atoms with Gasteiger partial charge in [0.05, 0.1) is 5.69 Å². The molecule has 1 saturated heterocycles. The summed E-state index contributed by atoms with van der Waals surface area (Å²) in [5, 5.41) is 2.74. The van der Waals surface area contributed by atoms with Crippen molar-refractivity contribution in [3.05, 3.63) is 35.9 Å². The molecule has 3 aliphatic rings. The molecule has 1 fully saturated rings. The Bertz CT molecular complexity index is 652. The Kier molecular flexibility index (Phi) is 3.13. The second kappa shape index (κ2) is 5.16. The fraction of sp³-hybridized carbons (Fsp3) is 0.412. The van der Waals surface area contributed by atoms with Gasteiger partial charge in [-0.3, -0.25) is 9.59 Å². The van der Waals surface area contributed by atoms with E-state index in [2.05, 4.69) is 17.5 Å². The third kappa shape index (κ3) is 2.26. The number of allylic oxidation sites excluding steroid dienone is 2. The molecule has 1 aromatic carbocycles. The highest BCUT2D eigenvalue weighted by molar-refractivity contribution is 5.99. The summed E-state index contributed by atoms with van der Waals surface area (Å²) < 4.78 is 5.39. The second-order valence-electron chi connectivity index (χ2n) is 6.22. The first-order chi connectivity index (χ1) is 10.7. The third-order valence-corrected chi connectivity index (χ3v) is 4.77. The van der Waals surface area contributed by atoms with Crippen LogP contribution < -0.4 is 10.1 Å². The van der Waals surface area contributed by atoms with Crippen LogP contribution in [-0.4, -0.2) is 36.4 Å². The number of hydrogen-bond acceptors (Lipinski definition) is 3. The molecule has 2 amide bonds. The van der Waals surface area contributed by atoms with Gasteiger partial charge in [0.15, 0.2) is 6.61 Å². The van der Waals surface area contributed by atoms with Crippen LogP contribution in [0.25, 0.3) is 0 Å². The van der Waals surface area contributed by atoms with Crippen molar-refractivity contribution < 1.29 is 14.3 Å². The van der Waals surface area contributed by atoms with Gasteiger partial charge in [-0.1, -0.05) is 12.2 Å². The number of hydrogen-bond donors (Lipinski definition) is 1. The van der Waals surface area contributed by atoms with Crippen LogP contribution in [0, 0.1) is 11.8 Å². The Hall–Kier alpha value is -2.30. The van der Waals surface area contributed by atoms with Crippen LogP contribution in [-0.2, 0) is 4.79 Å². The summed E-state index contributed by atoms with van der Waals surface area (Å²) in [5.74, 6) is 1.66. The van der Waals surface area contributed by atoms with Gasteiger partial charge >= 0.3 is 0 Å². The molecule has 0 bridgehead atoms. The highest BCUT2D eigenvalue weighted by Gasteiger charge is 2.35. The molecule has 0 spiro atoms. The molecule has 1 aliphatic carbocycles. The van der Waals surface area contributed by atoms with E-state index in [-0.39, 0.29) is 18.4 Å². The van der Waals surface area contributed by atoms with E-state index in [0.717, 1.165) is 25.9 Å². The number of fused-ring (bicyclic) bond motifs is 2. The summed E-state index contributed by atoms with van der Waals surface area (Å²) >= 11 is 0. The fourth-order valence-electron chi connectivity index (χ4n) is 3.57. The van der Waals surface area contributed by atoms with Crippen molar-refractivity contribution in [1.29, 1.82) is 0 Å². The Labute approximate surface area is 128 Å². The van der Waals surface area contributed by atoms with Gasteiger partial charge in [-0.25, -0.2) is 0 Å². The lowest BCUT2D eigenvalue weighted by Gasteiger charge is -2.20. The summed E-state index contributed by atoms with van der Waals surface area (Å²) in [4.78, 5) is 25.9. The van der Waals surface area contributed by atoms with Gasteiger partial charge in [0.2, 0.25) is 0 Å². The van der Waals surface area contributed by atoms with Gasteiger partial charge in [0.25, 0.3) is 11.8 Å². The number of rotatable bonds is 1. The minimum Gasteiger partial charge on any atom is -0.482 e. The number of ether oxygens (including phenoxy) is 1. The molecule has 5 nitrogen and oxygen atoms in total. The lowest BCUT2D eigenvalue weighted by molar-refractivity contribution is -0.118. The average Bonchev–Trinajstić information content (AvgIpc) is 2.97. The number of carbonyl (C=O) groups is 2. The molecule has 1 N–H and O–H groups in total. The highest BCUT2D eigenvalue weighted by Crippen LogP contribution is 2.34. The minimum absolute atomic E-state index is 0.00414. The molecule has 0 saturated carbocycles. The van der Waals surface area contributed by atoms with Crippen LogP contribution in [0.4, 0.5) is 5.69 Å². The van der Waals surface area contributed by atoms with Crippen molar-refractivity contribution >= 4 is 17.5 Å². The van der Waals surface area contributed by atoms with E-state index in [9.17, 15) is 9.59 Å². The van der Waals surface area contributed by atoms with Gasteiger partial charge in [-0.05, 0) is 42.9 Å². The second-order valence-corrected chi connectivity index (χ2v) is 6.22. The third-order valence-electron chi connectivity index (χ3n) is 4.77. The van der Waals surface area contributed by atoms with Gasteiger partial charge in [-0.15, -0.1) is 0 Å². The van der Waals surface area contributed by atoms with Crippen molar-refractivity contribution in [3.8, 4) is 5.75 Å². The molecule has 5 heteroatoms. The molecular formula is C17H18N2O3. The molecule has 0 unspecified atom stereocenters. The van der Waals surface area contributed by atoms with E-state index in [0.29, 0.717) is 28.8 Å². The maximum absolute atomic E-state index is 12.7. The van der Waals surface area contributed by atoms with Crippen molar-refractivity contribution in [1.82, 2.24) is 4.90 Å². The summed E-state index contributed by atoms with van der Waals surface area (Å²) in [7, 11) is 0. The first-order valence-corrected chi connectivity index (χ1v) is 7.71. The van der Waals surface area contributed by atoms with Gasteiger partial charge in [-0.2, -0.15) is 0 Å². The zero-order valence-corrected chi connectivity index (χ0v) is 12.2. The number of nitrogens with zero attached hydrogens (tertiary/aromatic N) is 1.